The molecule has 0 saturated heterocycles. The van der Waals surface area contributed by atoms with Crippen molar-refractivity contribution in [3.05, 3.63) is 58.5 Å². The lowest BCUT2D eigenvalue weighted by Gasteiger charge is -2.12. The average Bonchev–Trinajstić information content (AvgIpc) is 3.05. The summed E-state index contributed by atoms with van der Waals surface area (Å²) in [7, 11) is 0. The minimum atomic E-state index is 0.461. The molecular formula is C16H17NOS. The first-order chi connectivity index (χ1) is 9.33. The minimum absolute atomic E-state index is 0.461. The summed E-state index contributed by atoms with van der Waals surface area (Å²) in [6, 6.07) is 10.8. The second-order valence-electron chi connectivity index (χ2n) is 4.87. The number of benzene rings is 1. The molecule has 0 radical (unpaired) electrons. The Kier molecular flexibility index (Phi) is 3.67. The van der Waals surface area contributed by atoms with Gasteiger partial charge >= 0.3 is 0 Å². The topological polar surface area (TPSA) is 25.2 Å². The first kappa shape index (κ1) is 12.5. The van der Waals surface area contributed by atoms with Gasteiger partial charge in [-0.05, 0) is 41.8 Å². The van der Waals surface area contributed by atoms with E-state index in [2.05, 4.69) is 41.2 Å². The van der Waals surface area contributed by atoms with Gasteiger partial charge in [0.2, 0.25) is 0 Å². The highest BCUT2D eigenvalue weighted by molar-refractivity contribution is 7.07. The fourth-order valence-electron chi connectivity index (χ4n) is 2.29. The van der Waals surface area contributed by atoms with Crippen LogP contribution in [-0.4, -0.2) is 6.04 Å². The molecule has 3 rings (SSSR count). The molecule has 0 aliphatic carbocycles. The maximum atomic E-state index is 5.55. The van der Waals surface area contributed by atoms with Crippen LogP contribution in [0.5, 0.6) is 0 Å². The maximum Gasteiger partial charge on any atom is 0.134 e. The molecule has 1 N–H and O–H groups in total. The van der Waals surface area contributed by atoms with E-state index in [1.165, 1.54) is 16.5 Å². The fraction of sp³-hybridized carbons (Fsp3) is 0.250. The number of hydrogen-bond acceptors (Lipinski definition) is 3. The zero-order chi connectivity index (χ0) is 13.1. The summed E-state index contributed by atoms with van der Waals surface area (Å²) >= 11 is 1.76. The largest absolute Gasteiger partial charge is 0.464 e. The Morgan fingerprint density at radius 3 is 3.00 bits per heavy atom. The molecule has 0 amide bonds. The predicted molar refractivity (Wildman–Crippen MR) is 80.5 cm³/mol. The Bertz CT molecular complexity index is 642. The van der Waals surface area contributed by atoms with E-state index in [0.29, 0.717) is 6.04 Å². The molecule has 1 unspecified atom stereocenters. The summed E-state index contributed by atoms with van der Waals surface area (Å²) < 4.78 is 5.55. The molecule has 3 heteroatoms. The van der Waals surface area contributed by atoms with Crippen LogP contribution in [0.25, 0.3) is 11.0 Å². The first-order valence-corrected chi connectivity index (χ1v) is 7.47. The van der Waals surface area contributed by atoms with E-state index in [1.807, 2.05) is 18.4 Å². The molecule has 3 aromatic rings. The average molecular weight is 271 g/mol. The van der Waals surface area contributed by atoms with Gasteiger partial charge in [0.1, 0.15) is 5.58 Å². The molecule has 0 spiro atoms. The Morgan fingerprint density at radius 2 is 2.16 bits per heavy atom. The second kappa shape index (κ2) is 5.59. The van der Waals surface area contributed by atoms with Gasteiger partial charge in [-0.3, -0.25) is 0 Å². The Balaban J connectivity index is 1.62. The van der Waals surface area contributed by atoms with Crippen molar-refractivity contribution in [2.75, 3.05) is 0 Å². The van der Waals surface area contributed by atoms with Gasteiger partial charge in [-0.15, -0.1) is 0 Å². The third kappa shape index (κ3) is 2.88. The van der Waals surface area contributed by atoms with Crippen LogP contribution >= 0.6 is 11.3 Å². The molecule has 1 atom stereocenters. The predicted octanol–water partition coefficient (Wildman–Crippen LogP) is 4.22. The molecule has 0 aliphatic heterocycles. The molecule has 0 fully saturated rings. The van der Waals surface area contributed by atoms with Crippen LogP contribution in [0.15, 0.2) is 51.8 Å². The Morgan fingerprint density at radius 1 is 1.26 bits per heavy atom. The number of nitrogens with one attached hydrogen (secondary N) is 1. The third-order valence-corrected chi connectivity index (χ3v) is 4.06. The highest BCUT2D eigenvalue weighted by Crippen LogP contribution is 2.20. The number of rotatable bonds is 5. The van der Waals surface area contributed by atoms with Crippen LogP contribution in [0.2, 0.25) is 0 Å². The first-order valence-electron chi connectivity index (χ1n) is 6.52. The molecule has 2 nitrogen and oxygen atoms in total. The maximum absolute atomic E-state index is 5.55. The van der Waals surface area contributed by atoms with E-state index in [9.17, 15) is 0 Å². The van der Waals surface area contributed by atoms with Gasteiger partial charge in [0, 0.05) is 23.5 Å². The van der Waals surface area contributed by atoms with Gasteiger partial charge in [-0.2, -0.15) is 11.3 Å². The van der Waals surface area contributed by atoms with Gasteiger partial charge in [0.05, 0.1) is 6.26 Å². The summed E-state index contributed by atoms with van der Waals surface area (Å²) in [5, 5.41) is 9.11. The van der Waals surface area contributed by atoms with E-state index < -0.39 is 0 Å². The lowest BCUT2D eigenvalue weighted by Crippen LogP contribution is -2.27. The lowest BCUT2D eigenvalue weighted by atomic mass is 10.1. The number of hydrogen-bond donors (Lipinski definition) is 1. The molecule has 0 bridgehead atoms. The Labute approximate surface area is 117 Å². The van der Waals surface area contributed by atoms with E-state index in [-0.39, 0.29) is 0 Å². The third-order valence-electron chi connectivity index (χ3n) is 3.32. The molecular weight excluding hydrogens is 254 g/mol. The lowest BCUT2D eigenvalue weighted by molar-refractivity contribution is 0.539. The number of para-hydroxylation sites is 1. The number of thiophene rings is 1. The Hall–Kier alpha value is -1.58. The highest BCUT2D eigenvalue weighted by atomic mass is 32.1. The van der Waals surface area contributed by atoms with Gasteiger partial charge in [0.25, 0.3) is 0 Å². The monoisotopic (exact) mass is 271 g/mol. The van der Waals surface area contributed by atoms with Crippen molar-refractivity contribution in [2.24, 2.45) is 0 Å². The smallest absolute Gasteiger partial charge is 0.134 e. The minimum Gasteiger partial charge on any atom is -0.464 e. The summed E-state index contributed by atoms with van der Waals surface area (Å²) in [6.07, 6.45) is 2.92. The van der Waals surface area contributed by atoms with Crippen LogP contribution in [-0.2, 0) is 13.0 Å². The van der Waals surface area contributed by atoms with E-state index >= 15 is 0 Å². The fourth-order valence-corrected chi connectivity index (χ4v) is 2.97. The molecule has 2 heterocycles. The van der Waals surface area contributed by atoms with Crippen molar-refractivity contribution < 1.29 is 4.42 Å². The number of fused-ring (bicyclic) bond motifs is 1. The van der Waals surface area contributed by atoms with Crippen molar-refractivity contribution in [3.8, 4) is 0 Å². The molecule has 0 aliphatic rings. The van der Waals surface area contributed by atoms with E-state index in [4.69, 9.17) is 4.42 Å². The summed E-state index contributed by atoms with van der Waals surface area (Å²) in [6.45, 7) is 3.07. The summed E-state index contributed by atoms with van der Waals surface area (Å²) in [4.78, 5) is 0. The van der Waals surface area contributed by atoms with Crippen molar-refractivity contribution in [2.45, 2.75) is 25.9 Å². The van der Waals surface area contributed by atoms with Crippen LogP contribution < -0.4 is 5.32 Å². The molecule has 98 valence electrons. The molecule has 19 heavy (non-hydrogen) atoms. The van der Waals surface area contributed by atoms with Gasteiger partial charge in [-0.25, -0.2) is 0 Å². The number of furan rings is 1. The van der Waals surface area contributed by atoms with Crippen molar-refractivity contribution >= 4 is 22.3 Å². The van der Waals surface area contributed by atoms with Crippen molar-refractivity contribution in [1.29, 1.82) is 0 Å². The van der Waals surface area contributed by atoms with Crippen molar-refractivity contribution in [1.82, 2.24) is 5.32 Å². The SMILES string of the molecule is CC(Cc1ccsc1)NCc1coc2ccccc12. The van der Waals surface area contributed by atoms with Gasteiger partial charge in [-0.1, -0.05) is 18.2 Å². The zero-order valence-electron chi connectivity index (χ0n) is 10.9. The standard InChI is InChI=1S/C16H17NOS/c1-12(8-13-6-7-19-11-13)17-9-14-10-18-16-5-3-2-4-15(14)16/h2-7,10-12,17H,8-9H2,1H3. The van der Waals surface area contributed by atoms with Crippen molar-refractivity contribution in [3.63, 3.8) is 0 Å². The van der Waals surface area contributed by atoms with Gasteiger partial charge in [0.15, 0.2) is 0 Å². The summed E-state index contributed by atoms with van der Waals surface area (Å²) in [5.74, 6) is 0. The van der Waals surface area contributed by atoms with Crippen LogP contribution in [0.1, 0.15) is 18.1 Å². The zero-order valence-corrected chi connectivity index (χ0v) is 11.7. The van der Waals surface area contributed by atoms with Gasteiger partial charge < -0.3 is 9.73 Å². The van der Waals surface area contributed by atoms with Crippen LogP contribution in [0.3, 0.4) is 0 Å². The van der Waals surface area contributed by atoms with Crippen LogP contribution in [0.4, 0.5) is 0 Å². The molecule has 1 aromatic carbocycles. The summed E-state index contributed by atoms with van der Waals surface area (Å²) in [5.41, 5.74) is 3.60. The normalized spacial score (nSPS) is 12.9. The van der Waals surface area contributed by atoms with E-state index in [1.54, 1.807) is 11.3 Å². The van der Waals surface area contributed by atoms with E-state index in [0.717, 1.165) is 18.5 Å². The second-order valence-corrected chi connectivity index (χ2v) is 5.65. The highest BCUT2D eigenvalue weighted by Gasteiger charge is 2.07. The van der Waals surface area contributed by atoms with Crippen LogP contribution in [0, 0.1) is 0 Å². The molecule has 2 aromatic heterocycles. The quantitative estimate of drug-likeness (QED) is 0.751. The molecule has 0 saturated carbocycles.